The Morgan fingerprint density at radius 1 is 1.50 bits per heavy atom. The lowest BCUT2D eigenvalue weighted by Gasteiger charge is -2.21. The van der Waals surface area contributed by atoms with E-state index < -0.39 is 5.60 Å². The first-order valence-corrected chi connectivity index (χ1v) is 8.32. The molecule has 2 heterocycles. The monoisotopic (exact) mass is 286 g/mol. The summed E-state index contributed by atoms with van der Waals surface area (Å²) in [5.41, 5.74) is -0.370. The molecule has 1 aliphatic heterocycles. The van der Waals surface area contributed by atoms with Crippen LogP contribution in [-0.4, -0.2) is 33.7 Å². The van der Waals surface area contributed by atoms with E-state index >= 15 is 0 Å². The Bertz CT molecular complexity index is 392. The molecule has 2 N–H and O–H groups in total. The Labute approximate surface area is 117 Å². The van der Waals surface area contributed by atoms with Crippen LogP contribution in [0.15, 0.2) is 6.20 Å². The van der Waals surface area contributed by atoms with Crippen molar-refractivity contribution in [3.8, 4) is 0 Å². The molecule has 3 nitrogen and oxygen atoms in total. The van der Waals surface area contributed by atoms with E-state index in [1.54, 1.807) is 11.3 Å². The molecule has 5 heteroatoms. The van der Waals surface area contributed by atoms with Crippen molar-refractivity contribution in [1.29, 1.82) is 0 Å². The second kappa shape index (κ2) is 5.49. The third-order valence-corrected chi connectivity index (χ3v) is 5.69. The number of aliphatic hydroxyl groups is 1. The minimum atomic E-state index is -0.498. The van der Waals surface area contributed by atoms with E-state index in [0.29, 0.717) is 6.54 Å². The van der Waals surface area contributed by atoms with Crippen molar-refractivity contribution >= 4 is 23.1 Å². The summed E-state index contributed by atoms with van der Waals surface area (Å²) in [6.07, 6.45) is 2.85. The van der Waals surface area contributed by atoms with Crippen LogP contribution in [0, 0.1) is 0 Å². The molecule has 1 aliphatic rings. The standard InChI is InChI=1S/C13H22N2OS2/c1-12(2,3)11-15-7-10(18-11)6-14-8-13(16)4-5-17-9-13/h7,14,16H,4-6,8-9H2,1-3H3. The van der Waals surface area contributed by atoms with Gasteiger partial charge in [0.2, 0.25) is 0 Å². The molecule has 0 saturated carbocycles. The summed E-state index contributed by atoms with van der Waals surface area (Å²) in [5, 5.41) is 14.7. The molecule has 0 aliphatic carbocycles. The van der Waals surface area contributed by atoms with Gasteiger partial charge in [-0.05, 0) is 12.2 Å². The largest absolute Gasteiger partial charge is 0.388 e. The van der Waals surface area contributed by atoms with Gasteiger partial charge < -0.3 is 10.4 Å². The number of nitrogens with zero attached hydrogens (tertiary/aromatic N) is 1. The number of nitrogens with one attached hydrogen (secondary N) is 1. The van der Waals surface area contributed by atoms with Crippen LogP contribution >= 0.6 is 23.1 Å². The Morgan fingerprint density at radius 3 is 2.83 bits per heavy atom. The van der Waals surface area contributed by atoms with Gasteiger partial charge in [-0.25, -0.2) is 4.98 Å². The third-order valence-electron chi connectivity index (χ3n) is 3.03. The topological polar surface area (TPSA) is 45.2 Å². The molecule has 1 unspecified atom stereocenters. The van der Waals surface area contributed by atoms with E-state index in [1.165, 1.54) is 9.88 Å². The number of hydrogen-bond donors (Lipinski definition) is 2. The summed E-state index contributed by atoms with van der Waals surface area (Å²) in [4.78, 5) is 5.71. The van der Waals surface area contributed by atoms with Gasteiger partial charge in [-0.3, -0.25) is 0 Å². The molecule has 0 radical (unpaired) electrons. The zero-order chi connectivity index (χ0) is 13.2. The lowest BCUT2D eigenvalue weighted by molar-refractivity contribution is 0.0675. The van der Waals surface area contributed by atoms with Crippen LogP contribution in [0.2, 0.25) is 0 Å². The fourth-order valence-corrected chi connectivity index (χ4v) is 4.12. The normalized spacial score (nSPS) is 24.7. The average Bonchev–Trinajstić information content (AvgIpc) is 2.87. The maximum absolute atomic E-state index is 10.2. The summed E-state index contributed by atoms with van der Waals surface area (Å²) >= 11 is 3.60. The minimum Gasteiger partial charge on any atom is -0.388 e. The van der Waals surface area contributed by atoms with E-state index in [4.69, 9.17) is 0 Å². The van der Waals surface area contributed by atoms with E-state index in [0.717, 1.165) is 24.5 Å². The Kier molecular flexibility index (Phi) is 4.36. The number of rotatable bonds is 4. The number of thiazole rings is 1. The highest BCUT2D eigenvalue weighted by Crippen LogP contribution is 2.28. The third kappa shape index (κ3) is 3.70. The quantitative estimate of drug-likeness (QED) is 0.892. The van der Waals surface area contributed by atoms with Gasteiger partial charge >= 0.3 is 0 Å². The molecule has 1 aromatic heterocycles. The molecule has 102 valence electrons. The van der Waals surface area contributed by atoms with Crippen molar-refractivity contribution in [3.05, 3.63) is 16.1 Å². The second-order valence-electron chi connectivity index (χ2n) is 6.01. The van der Waals surface area contributed by atoms with Crippen molar-refractivity contribution in [3.63, 3.8) is 0 Å². The van der Waals surface area contributed by atoms with E-state index in [1.807, 2.05) is 18.0 Å². The molecule has 1 atom stereocenters. The fourth-order valence-electron chi connectivity index (χ4n) is 1.89. The van der Waals surface area contributed by atoms with Gasteiger partial charge in [0.25, 0.3) is 0 Å². The van der Waals surface area contributed by atoms with Gasteiger partial charge in [0, 0.05) is 35.3 Å². The van der Waals surface area contributed by atoms with Gasteiger partial charge in [-0.2, -0.15) is 11.8 Å². The predicted molar refractivity (Wildman–Crippen MR) is 79.4 cm³/mol. The van der Waals surface area contributed by atoms with Gasteiger partial charge in [0.05, 0.1) is 10.6 Å². The first-order chi connectivity index (χ1) is 8.39. The van der Waals surface area contributed by atoms with Crippen molar-refractivity contribution in [1.82, 2.24) is 10.3 Å². The molecule has 1 saturated heterocycles. The molecular weight excluding hydrogens is 264 g/mol. The number of hydrogen-bond acceptors (Lipinski definition) is 5. The predicted octanol–water partition coefficient (Wildman–Crippen LogP) is 2.40. The van der Waals surface area contributed by atoms with Crippen LogP contribution in [0.5, 0.6) is 0 Å². The molecule has 0 aromatic carbocycles. The van der Waals surface area contributed by atoms with Crippen molar-refractivity contribution in [2.75, 3.05) is 18.1 Å². The number of aromatic nitrogens is 1. The highest BCUT2D eigenvalue weighted by atomic mass is 32.2. The van der Waals surface area contributed by atoms with Crippen LogP contribution in [0.25, 0.3) is 0 Å². The lowest BCUT2D eigenvalue weighted by atomic mass is 9.98. The van der Waals surface area contributed by atoms with E-state index in [-0.39, 0.29) is 5.41 Å². The van der Waals surface area contributed by atoms with Crippen molar-refractivity contribution in [2.24, 2.45) is 0 Å². The van der Waals surface area contributed by atoms with E-state index in [9.17, 15) is 5.11 Å². The number of thioether (sulfide) groups is 1. The zero-order valence-corrected chi connectivity index (χ0v) is 13.0. The highest BCUT2D eigenvalue weighted by Gasteiger charge is 2.31. The van der Waals surface area contributed by atoms with Crippen LogP contribution in [0.3, 0.4) is 0 Å². The smallest absolute Gasteiger partial charge is 0.0981 e. The van der Waals surface area contributed by atoms with Crippen molar-refractivity contribution < 1.29 is 5.11 Å². The second-order valence-corrected chi connectivity index (χ2v) is 8.23. The fraction of sp³-hybridized carbons (Fsp3) is 0.769. The summed E-state index contributed by atoms with van der Waals surface area (Å²) in [6.45, 7) is 8.04. The average molecular weight is 286 g/mol. The van der Waals surface area contributed by atoms with Gasteiger partial charge in [-0.15, -0.1) is 11.3 Å². The SMILES string of the molecule is CC(C)(C)c1ncc(CNCC2(O)CCSC2)s1. The minimum absolute atomic E-state index is 0.128. The van der Waals surface area contributed by atoms with Gasteiger partial charge in [-0.1, -0.05) is 20.8 Å². The van der Waals surface area contributed by atoms with Crippen molar-refractivity contribution in [2.45, 2.75) is 44.8 Å². The molecule has 0 spiro atoms. The summed E-state index contributed by atoms with van der Waals surface area (Å²) in [7, 11) is 0. The summed E-state index contributed by atoms with van der Waals surface area (Å²) in [6, 6.07) is 0. The van der Waals surface area contributed by atoms with Gasteiger partial charge in [0.15, 0.2) is 0 Å². The Hall–Kier alpha value is -0.100. The maximum Gasteiger partial charge on any atom is 0.0981 e. The summed E-state index contributed by atoms with van der Waals surface area (Å²) in [5.74, 6) is 1.93. The van der Waals surface area contributed by atoms with Crippen LogP contribution < -0.4 is 5.32 Å². The Morgan fingerprint density at radius 2 is 2.28 bits per heavy atom. The maximum atomic E-state index is 10.2. The molecule has 1 fully saturated rings. The molecule has 2 rings (SSSR count). The molecular formula is C13H22N2OS2. The lowest BCUT2D eigenvalue weighted by Crippen LogP contribution is -2.40. The molecule has 0 amide bonds. The first-order valence-electron chi connectivity index (χ1n) is 6.35. The highest BCUT2D eigenvalue weighted by molar-refractivity contribution is 7.99. The Balaban J connectivity index is 1.82. The van der Waals surface area contributed by atoms with Crippen LogP contribution in [0.1, 0.15) is 37.1 Å². The molecule has 18 heavy (non-hydrogen) atoms. The first kappa shape index (κ1) is 14.3. The molecule has 0 bridgehead atoms. The van der Waals surface area contributed by atoms with Crippen LogP contribution in [-0.2, 0) is 12.0 Å². The summed E-state index contributed by atoms with van der Waals surface area (Å²) < 4.78 is 0. The zero-order valence-electron chi connectivity index (χ0n) is 11.3. The van der Waals surface area contributed by atoms with E-state index in [2.05, 4.69) is 31.1 Å². The molecule has 1 aromatic rings. The van der Waals surface area contributed by atoms with Crippen LogP contribution in [0.4, 0.5) is 0 Å². The van der Waals surface area contributed by atoms with Gasteiger partial charge in [0.1, 0.15) is 0 Å².